The van der Waals surface area contributed by atoms with Crippen molar-refractivity contribution in [2.75, 3.05) is 39.4 Å². The van der Waals surface area contributed by atoms with Gasteiger partial charge in [-0.1, -0.05) is 54.6 Å². The van der Waals surface area contributed by atoms with Crippen LogP contribution in [0.3, 0.4) is 0 Å². The number of hydrogen-bond donors (Lipinski definition) is 1. The third-order valence-electron chi connectivity index (χ3n) is 6.02. The maximum absolute atomic E-state index is 12.9. The summed E-state index contributed by atoms with van der Waals surface area (Å²) in [7, 11) is 0. The van der Waals surface area contributed by atoms with Crippen LogP contribution in [0, 0.1) is 0 Å². The fourth-order valence-corrected chi connectivity index (χ4v) is 4.59. The van der Waals surface area contributed by atoms with Crippen LogP contribution in [0.15, 0.2) is 54.6 Å². The summed E-state index contributed by atoms with van der Waals surface area (Å²) in [4.78, 5) is 17.5. The number of nitrogens with zero attached hydrogens (tertiary/aromatic N) is 2. The Kier molecular flexibility index (Phi) is 6.60. The van der Waals surface area contributed by atoms with Gasteiger partial charge >= 0.3 is 0 Å². The molecule has 2 aromatic rings. The van der Waals surface area contributed by atoms with Gasteiger partial charge in [-0.25, -0.2) is 0 Å². The van der Waals surface area contributed by atoms with Gasteiger partial charge in [-0.05, 0) is 30.0 Å². The second-order valence-electron chi connectivity index (χ2n) is 8.09. The van der Waals surface area contributed by atoms with Crippen molar-refractivity contribution in [3.05, 3.63) is 71.3 Å². The molecule has 0 aliphatic carbocycles. The van der Waals surface area contributed by atoms with Crippen molar-refractivity contribution in [1.82, 2.24) is 15.1 Å². The van der Waals surface area contributed by atoms with E-state index in [1.54, 1.807) is 0 Å². The highest BCUT2D eigenvalue weighted by molar-refractivity contribution is 5.78. The van der Waals surface area contributed by atoms with Crippen molar-refractivity contribution in [1.29, 1.82) is 0 Å². The molecule has 2 heterocycles. The summed E-state index contributed by atoms with van der Waals surface area (Å²) >= 11 is 0. The number of ether oxygens (including phenoxy) is 1. The van der Waals surface area contributed by atoms with Crippen LogP contribution in [0.4, 0.5) is 0 Å². The molecule has 0 spiro atoms. The van der Waals surface area contributed by atoms with E-state index in [-0.39, 0.29) is 18.0 Å². The molecule has 0 saturated carbocycles. The zero-order valence-corrected chi connectivity index (χ0v) is 17.2. The van der Waals surface area contributed by atoms with Crippen LogP contribution in [0.2, 0.25) is 0 Å². The Labute approximate surface area is 173 Å². The van der Waals surface area contributed by atoms with E-state index in [0.29, 0.717) is 6.54 Å². The fourth-order valence-electron chi connectivity index (χ4n) is 4.59. The molecule has 2 aromatic carbocycles. The van der Waals surface area contributed by atoms with E-state index < -0.39 is 0 Å². The van der Waals surface area contributed by atoms with Crippen LogP contribution in [-0.2, 0) is 22.5 Å². The minimum Gasteiger partial charge on any atom is -0.379 e. The van der Waals surface area contributed by atoms with E-state index in [4.69, 9.17) is 4.74 Å². The Bertz CT molecular complexity index is 805. The monoisotopic (exact) mass is 393 g/mol. The van der Waals surface area contributed by atoms with Crippen LogP contribution < -0.4 is 5.32 Å². The molecule has 4 rings (SSSR count). The average Bonchev–Trinajstić information content (AvgIpc) is 2.75. The van der Waals surface area contributed by atoms with E-state index in [9.17, 15) is 4.79 Å². The van der Waals surface area contributed by atoms with Gasteiger partial charge < -0.3 is 10.1 Å². The summed E-state index contributed by atoms with van der Waals surface area (Å²) in [6.07, 6.45) is 1.01. The molecule has 2 atom stereocenters. The Morgan fingerprint density at radius 2 is 1.69 bits per heavy atom. The van der Waals surface area contributed by atoms with Gasteiger partial charge in [-0.3, -0.25) is 14.6 Å². The first kappa shape index (κ1) is 20.1. The normalized spacial score (nSPS) is 19.9. The average molecular weight is 394 g/mol. The molecule has 154 valence electrons. The van der Waals surface area contributed by atoms with Crippen molar-refractivity contribution >= 4 is 5.91 Å². The van der Waals surface area contributed by atoms with Crippen molar-refractivity contribution in [2.45, 2.75) is 32.0 Å². The molecule has 1 N–H and O–H groups in total. The molecule has 2 aliphatic heterocycles. The Morgan fingerprint density at radius 1 is 1.00 bits per heavy atom. The van der Waals surface area contributed by atoms with E-state index in [0.717, 1.165) is 45.8 Å². The van der Waals surface area contributed by atoms with Gasteiger partial charge in [0.05, 0.1) is 25.8 Å². The number of nitrogens with one attached hydrogen (secondary N) is 1. The zero-order valence-electron chi connectivity index (χ0n) is 17.2. The molecule has 0 bridgehead atoms. The summed E-state index contributed by atoms with van der Waals surface area (Å²) in [5, 5.41) is 3.28. The molecule has 0 aromatic heterocycles. The van der Waals surface area contributed by atoms with E-state index >= 15 is 0 Å². The van der Waals surface area contributed by atoms with Gasteiger partial charge in [-0.15, -0.1) is 0 Å². The van der Waals surface area contributed by atoms with Gasteiger partial charge in [0.25, 0.3) is 0 Å². The third kappa shape index (κ3) is 5.04. The van der Waals surface area contributed by atoms with Gasteiger partial charge in [0.15, 0.2) is 0 Å². The number of benzene rings is 2. The first-order chi connectivity index (χ1) is 14.2. The number of hydrogen-bond acceptors (Lipinski definition) is 4. The van der Waals surface area contributed by atoms with E-state index in [2.05, 4.69) is 70.6 Å². The van der Waals surface area contributed by atoms with Gasteiger partial charge in [-0.2, -0.15) is 0 Å². The number of fused-ring (bicyclic) bond motifs is 1. The van der Waals surface area contributed by atoms with Crippen molar-refractivity contribution < 1.29 is 9.53 Å². The maximum atomic E-state index is 12.9. The molecule has 1 fully saturated rings. The zero-order chi connectivity index (χ0) is 20.1. The Hall–Kier alpha value is -2.21. The van der Waals surface area contributed by atoms with Crippen molar-refractivity contribution in [3.63, 3.8) is 0 Å². The van der Waals surface area contributed by atoms with Crippen LogP contribution >= 0.6 is 0 Å². The SMILES string of the molecule is C[C@H](NC(=O)CN1CCc2ccccc2C1)[C@@H](c1ccccc1)N1CCOCC1. The molecule has 1 saturated heterocycles. The summed E-state index contributed by atoms with van der Waals surface area (Å²) in [5.74, 6) is 0.103. The predicted octanol–water partition coefficient (Wildman–Crippen LogP) is 2.62. The predicted molar refractivity (Wildman–Crippen MR) is 115 cm³/mol. The quantitative estimate of drug-likeness (QED) is 0.820. The van der Waals surface area contributed by atoms with Gasteiger partial charge in [0.1, 0.15) is 0 Å². The molecule has 1 amide bonds. The summed E-state index contributed by atoms with van der Waals surface area (Å²) in [6, 6.07) is 19.2. The van der Waals surface area contributed by atoms with Crippen LogP contribution in [0.25, 0.3) is 0 Å². The minimum absolute atomic E-state index is 0.0278. The third-order valence-corrected chi connectivity index (χ3v) is 6.02. The smallest absolute Gasteiger partial charge is 0.234 e. The van der Waals surface area contributed by atoms with E-state index in [1.807, 2.05) is 6.07 Å². The lowest BCUT2D eigenvalue weighted by Gasteiger charge is -2.38. The lowest BCUT2D eigenvalue weighted by Crippen LogP contribution is -2.50. The minimum atomic E-state index is 0.0278. The maximum Gasteiger partial charge on any atom is 0.234 e. The van der Waals surface area contributed by atoms with Gasteiger partial charge in [0.2, 0.25) is 5.91 Å². The molecule has 29 heavy (non-hydrogen) atoms. The molecular weight excluding hydrogens is 362 g/mol. The highest BCUT2D eigenvalue weighted by atomic mass is 16.5. The standard InChI is InChI=1S/C24H31N3O2/c1-19(24(21-8-3-2-4-9-21)27-13-15-29-16-14-27)25-23(28)18-26-12-11-20-7-5-6-10-22(20)17-26/h2-10,19,24H,11-18H2,1H3,(H,25,28)/t19-,24-/m0/s1. The molecule has 0 unspecified atom stereocenters. The lowest BCUT2D eigenvalue weighted by molar-refractivity contribution is -0.123. The summed E-state index contributed by atoms with van der Waals surface area (Å²) < 4.78 is 5.54. The van der Waals surface area contributed by atoms with Gasteiger partial charge in [0, 0.05) is 32.2 Å². The molecule has 2 aliphatic rings. The Morgan fingerprint density at radius 3 is 2.45 bits per heavy atom. The molecule has 0 radical (unpaired) electrons. The topological polar surface area (TPSA) is 44.8 Å². The largest absolute Gasteiger partial charge is 0.379 e. The second-order valence-corrected chi connectivity index (χ2v) is 8.09. The fraction of sp³-hybridized carbons (Fsp3) is 0.458. The van der Waals surface area contributed by atoms with Crippen LogP contribution in [0.5, 0.6) is 0 Å². The Balaban J connectivity index is 1.39. The number of rotatable bonds is 6. The highest BCUT2D eigenvalue weighted by Crippen LogP contribution is 2.25. The first-order valence-electron chi connectivity index (χ1n) is 10.7. The van der Waals surface area contributed by atoms with E-state index in [1.165, 1.54) is 16.7 Å². The summed E-state index contributed by atoms with van der Waals surface area (Å²) in [6.45, 7) is 7.63. The molecule has 5 nitrogen and oxygen atoms in total. The first-order valence-corrected chi connectivity index (χ1v) is 10.7. The number of amides is 1. The van der Waals surface area contributed by atoms with Crippen LogP contribution in [-0.4, -0.2) is 61.1 Å². The van der Waals surface area contributed by atoms with Crippen molar-refractivity contribution in [3.8, 4) is 0 Å². The molecule has 5 heteroatoms. The highest BCUT2D eigenvalue weighted by Gasteiger charge is 2.29. The summed E-state index contributed by atoms with van der Waals surface area (Å²) in [5.41, 5.74) is 4.00. The number of morpholine rings is 1. The number of carbonyl (C=O) groups is 1. The van der Waals surface area contributed by atoms with Crippen molar-refractivity contribution in [2.24, 2.45) is 0 Å². The van der Waals surface area contributed by atoms with Crippen LogP contribution in [0.1, 0.15) is 29.7 Å². The second kappa shape index (κ2) is 9.53. The number of carbonyl (C=O) groups excluding carboxylic acids is 1. The molecular formula is C24H31N3O2. The lowest BCUT2D eigenvalue weighted by atomic mass is 9.98.